The number of H-pyrrole nitrogens is 1. The maximum absolute atomic E-state index is 11.2. The average Bonchev–Trinajstić information content (AvgIpc) is 2.44. The lowest BCUT2D eigenvalue weighted by atomic mass is 10.6. The van der Waals surface area contributed by atoms with Gasteiger partial charge in [-0.15, -0.1) is 5.10 Å². The quantitative estimate of drug-likeness (QED) is 0.779. The van der Waals surface area contributed by atoms with Gasteiger partial charge in [-0.05, 0) is 0 Å². The maximum Gasteiger partial charge on any atom is 0.344 e. The van der Waals surface area contributed by atoms with Crippen LogP contribution in [0.25, 0.3) is 0 Å². The second-order valence-corrected chi connectivity index (χ2v) is 4.66. The fourth-order valence-electron chi connectivity index (χ4n) is 0.851. The number of nitrogens with zero attached hydrogens (tertiary/aromatic N) is 2. The number of aromatic nitrogens is 3. The Kier molecular flexibility index (Phi) is 4.15. The van der Waals surface area contributed by atoms with Crippen LogP contribution in [0.3, 0.4) is 0 Å². The van der Waals surface area contributed by atoms with Crippen LogP contribution in [0.2, 0.25) is 0 Å². The molecule has 15 heavy (non-hydrogen) atoms. The second kappa shape index (κ2) is 5.17. The molecule has 0 aliphatic rings. The number of nitrogens with one attached hydrogen (secondary N) is 1. The molecule has 0 unspecified atom stereocenters. The number of aliphatic carboxylic acids is 1. The zero-order valence-electron chi connectivity index (χ0n) is 7.57. The SMILES string of the molecule is C=C(Br)Cn1c(SCC(=O)O)n[nH]c1=O. The number of aromatic amines is 1. The van der Waals surface area contributed by atoms with Crippen molar-refractivity contribution in [1.82, 2.24) is 14.8 Å². The first-order chi connectivity index (χ1) is 7.00. The van der Waals surface area contributed by atoms with E-state index in [1.54, 1.807) is 0 Å². The second-order valence-electron chi connectivity index (χ2n) is 2.60. The van der Waals surface area contributed by atoms with Crippen molar-refractivity contribution in [1.29, 1.82) is 0 Å². The predicted octanol–water partition coefficient (Wildman–Crippen LogP) is 0.657. The van der Waals surface area contributed by atoms with Gasteiger partial charge in [0.25, 0.3) is 0 Å². The summed E-state index contributed by atoms with van der Waals surface area (Å²) in [5.41, 5.74) is -0.386. The first-order valence-corrected chi connectivity index (χ1v) is 5.61. The monoisotopic (exact) mass is 293 g/mol. The van der Waals surface area contributed by atoms with Crippen LogP contribution in [0.5, 0.6) is 0 Å². The van der Waals surface area contributed by atoms with Gasteiger partial charge >= 0.3 is 11.7 Å². The van der Waals surface area contributed by atoms with Gasteiger partial charge in [-0.1, -0.05) is 34.3 Å². The standard InChI is InChI=1S/C7H8BrN3O3S/c1-4(8)2-11-6(14)9-10-7(11)15-3-5(12)13/h1-3H2,(H,9,14)(H,12,13). The summed E-state index contributed by atoms with van der Waals surface area (Å²) in [4.78, 5) is 21.6. The number of allylic oxidation sites excluding steroid dienone is 1. The largest absolute Gasteiger partial charge is 0.481 e. The minimum absolute atomic E-state index is 0.140. The smallest absolute Gasteiger partial charge is 0.344 e. The molecule has 1 aromatic rings. The molecule has 0 spiro atoms. The Morgan fingerprint density at radius 3 is 2.93 bits per heavy atom. The number of thioether (sulfide) groups is 1. The van der Waals surface area contributed by atoms with Crippen molar-refractivity contribution < 1.29 is 9.90 Å². The van der Waals surface area contributed by atoms with Gasteiger partial charge < -0.3 is 5.11 Å². The Balaban J connectivity index is 2.83. The maximum atomic E-state index is 11.2. The number of halogens is 1. The first-order valence-electron chi connectivity index (χ1n) is 3.83. The van der Waals surface area contributed by atoms with E-state index in [4.69, 9.17) is 5.11 Å². The van der Waals surface area contributed by atoms with E-state index in [0.717, 1.165) is 11.8 Å². The molecule has 0 saturated carbocycles. The molecule has 0 aromatic carbocycles. The van der Waals surface area contributed by atoms with Gasteiger partial charge in [-0.3, -0.25) is 9.36 Å². The molecule has 1 aromatic heterocycles. The van der Waals surface area contributed by atoms with Crippen LogP contribution in [-0.2, 0) is 11.3 Å². The highest BCUT2D eigenvalue weighted by Crippen LogP contribution is 2.14. The lowest BCUT2D eigenvalue weighted by Gasteiger charge is -2.01. The summed E-state index contributed by atoms with van der Waals surface area (Å²) < 4.78 is 1.92. The van der Waals surface area contributed by atoms with Crippen LogP contribution in [-0.4, -0.2) is 31.6 Å². The molecule has 0 bridgehead atoms. The zero-order valence-corrected chi connectivity index (χ0v) is 9.97. The number of carbonyl (C=O) groups is 1. The minimum atomic E-state index is -0.959. The Morgan fingerprint density at radius 2 is 2.40 bits per heavy atom. The highest BCUT2D eigenvalue weighted by molar-refractivity contribution is 9.11. The molecular formula is C7H8BrN3O3S. The molecule has 1 rings (SSSR count). The number of carboxylic acids is 1. The fraction of sp³-hybridized carbons (Fsp3) is 0.286. The van der Waals surface area contributed by atoms with Crippen LogP contribution in [0.1, 0.15) is 0 Å². The molecule has 1 heterocycles. The lowest BCUT2D eigenvalue weighted by molar-refractivity contribution is -0.133. The van der Waals surface area contributed by atoms with Gasteiger partial charge in [0.2, 0.25) is 0 Å². The third kappa shape index (κ3) is 3.56. The average molecular weight is 294 g/mol. The molecule has 6 nitrogen and oxygen atoms in total. The normalized spacial score (nSPS) is 10.2. The van der Waals surface area contributed by atoms with E-state index < -0.39 is 5.97 Å². The highest BCUT2D eigenvalue weighted by Gasteiger charge is 2.10. The molecule has 2 N–H and O–H groups in total. The number of hydrogen-bond donors (Lipinski definition) is 2. The van der Waals surface area contributed by atoms with Crippen LogP contribution in [0, 0.1) is 0 Å². The number of hydrogen-bond acceptors (Lipinski definition) is 4. The molecule has 0 saturated heterocycles. The van der Waals surface area contributed by atoms with E-state index in [1.165, 1.54) is 4.57 Å². The highest BCUT2D eigenvalue weighted by atomic mass is 79.9. The van der Waals surface area contributed by atoms with Gasteiger partial charge in [0.1, 0.15) is 0 Å². The van der Waals surface area contributed by atoms with Crippen molar-refractivity contribution >= 4 is 33.7 Å². The Hall–Kier alpha value is -1.02. The van der Waals surface area contributed by atoms with Crippen molar-refractivity contribution in [3.63, 3.8) is 0 Å². The summed E-state index contributed by atoms with van der Waals surface area (Å²) >= 11 is 4.10. The van der Waals surface area contributed by atoms with E-state index in [2.05, 4.69) is 32.7 Å². The predicted molar refractivity (Wildman–Crippen MR) is 59.3 cm³/mol. The third-order valence-electron chi connectivity index (χ3n) is 1.38. The minimum Gasteiger partial charge on any atom is -0.481 e. The van der Waals surface area contributed by atoms with Crippen molar-refractivity contribution in [2.24, 2.45) is 0 Å². The number of rotatable bonds is 5. The first kappa shape index (κ1) is 12.1. The molecule has 0 fully saturated rings. The van der Waals surface area contributed by atoms with E-state index in [9.17, 15) is 9.59 Å². The Bertz CT molecular complexity index is 439. The van der Waals surface area contributed by atoms with E-state index >= 15 is 0 Å². The Morgan fingerprint density at radius 1 is 1.73 bits per heavy atom. The van der Waals surface area contributed by atoms with E-state index in [-0.39, 0.29) is 18.0 Å². The molecular weight excluding hydrogens is 286 g/mol. The van der Waals surface area contributed by atoms with Crippen LogP contribution >= 0.6 is 27.7 Å². The summed E-state index contributed by atoms with van der Waals surface area (Å²) in [6.07, 6.45) is 0. The molecule has 0 aliphatic carbocycles. The summed E-state index contributed by atoms with van der Waals surface area (Å²) in [6.45, 7) is 3.86. The van der Waals surface area contributed by atoms with Gasteiger partial charge in [-0.2, -0.15) is 0 Å². The molecule has 82 valence electrons. The molecule has 0 radical (unpaired) electrons. The van der Waals surface area contributed by atoms with Crippen molar-refractivity contribution in [3.05, 3.63) is 21.5 Å². The Labute approximate surface area is 97.5 Å². The summed E-state index contributed by atoms with van der Waals surface area (Å²) in [5.74, 6) is -1.10. The summed E-state index contributed by atoms with van der Waals surface area (Å²) in [6, 6.07) is 0. The summed E-state index contributed by atoms with van der Waals surface area (Å²) in [5, 5.41) is 14.8. The van der Waals surface area contributed by atoms with Gasteiger partial charge in [0, 0.05) is 4.48 Å². The topological polar surface area (TPSA) is 88.0 Å². The van der Waals surface area contributed by atoms with E-state index in [0.29, 0.717) is 9.64 Å². The van der Waals surface area contributed by atoms with Crippen LogP contribution in [0.15, 0.2) is 21.0 Å². The van der Waals surface area contributed by atoms with Gasteiger partial charge in [-0.25, -0.2) is 9.89 Å². The molecule has 8 heteroatoms. The third-order valence-corrected chi connectivity index (χ3v) is 2.59. The summed E-state index contributed by atoms with van der Waals surface area (Å²) in [7, 11) is 0. The van der Waals surface area contributed by atoms with Gasteiger partial charge in [0.05, 0.1) is 12.3 Å². The zero-order chi connectivity index (χ0) is 11.4. The van der Waals surface area contributed by atoms with Crippen molar-refractivity contribution in [3.8, 4) is 0 Å². The molecule has 0 atom stereocenters. The van der Waals surface area contributed by atoms with Crippen molar-refractivity contribution in [2.75, 3.05) is 5.75 Å². The molecule has 0 aliphatic heterocycles. The van der Waals surface area contributed by atoms with Crippen LogP contribution < -0.4 is 5.69 Å². The molecule has 0 amide bonds. The van der Waals surface area contributed by atoms with E-state index in [1.807, 2.05) is 0 Å². The fourth-order valence-corrected chi connectivity index (χ4v) is 1.77. The van der Waals surface area contributed by atoms with Crippen molar-refractivity contribution in [2.45, 2.75) is 11.7 Å². The van der Waals surface area contributed by atoms with Gasteiger partial charge in [0.15, 0.2) is 5.16 Å². The van der Waals surface area contributed by atoms with Crippen LogP contribution in [0.4, 0.5) is 0 Å². The lowest BCUT2D eigenvalue weighted by Crippen LogP contribution is -2.17. The number of carboxylic acid groups (broad SMARTS) is 1.